The maximum absolute atomic E-state index is 5.32. The second kappa shape index (κ2) is 5.68. The van der Waals surface area contributed by atoms with Crippen molar-refractivity contribution in [3.63, 3.8) is 0 Å². The molecule has 1 saturated heterocycles. The molecule has 0 spiro atoms. The van der Waals surface area contributed by atoms with Crippen LogP contribution in [-0.4, -0.2) is 39.6 Å². The Bertz CT molecular complexity index is 323. The van der Waals surface area contributed by atoms with Gasteiger partial charge >= 0.3 is 0 Å². The Balaban J connectivity index is 1.98. The van der Waals surface area contributed by atoms with Gasteiger partial charge < -0.3 is 4.52 Å². The van der Waals surface area contributed by atoms with Crippen LogP contribution < -0.4 is 0 Å². The van der Waals surface area contributed by atoms with Gasteiger partial charge in [0.25, 0.3) is 0 Å². The molecule has 5 heteroatoms. The molecular formula is C11H19N3OS. The first kappa shape index (κ1) is 11.9. The molecule has 4 nitrogen and oxygen atoms in total. The highest BCUT2D eigenvalue weighted by Crippen LogP contribution is 2.22. The first-order chi connectivity index (χ1) is 7.81. The van der Waals surface area contributed by atoms with Crippen LogP contribution in [0.1, 0.15) is 38.0 Å². The monoisotopic (exact) mass is 241 g/mol. The van der Waals surface area contributed by atoms with Crippen molar-refractivity contribution in [1.29, 1.82) is 0 Å². The van der Waals surface area contributed by atoms with E-state index in [1.165, 1.54) is 11.5 Å². The van der Waals surface area contributed by atoms with Crippen LogP contribution in [0.3, 0.4) is 0 Å². The Morgan fingerprint density at radius 2 is 2.19 bits per heavy atom. The Labute approximate surface area is 101 Å². The summed E-state index contributed by atoms with van der Waals surface area (Å²) in [5.74, 6) is 4.03. The second-order valence-electron chi connectivity index (χ2n) is 4.12. The van der Waals surface area contributed by atoms with E-state index in [9.17, 15) is 0 Å². The number of thioether (sulfide) groups is 1. The van der Waals surface area contributed by atoms with E-state index in [4.69, 9.17) is 4.52 Å². The Morgan fingerprint density at radius 1 is 1.44 bits per heavy atom. The molecule has 16 heavy (non-hydrogen) atoms. The maximum Gasteiger partial charge on any atom is 0.243 e. The molecule has 0 aliphatic carbocycles. The van der Waals surface area contributed by atoms with Crippen molar-refractivity contribution >= 4 is 11.8 Å². The molecule has 0 saturated carbocycles. The van der Waals surface area contributed by atoms with Crippen molar-refractivity contribution in [2.75, 3.05) is 24.6 Å². The predicted octanol–water partition coefficient (Wildman–Crippen LogP) is 2.13. The van der Waals surface area contributed by atoms with Crippen LogP contribution in [0.4, 0.5) is 0 Å². The van der Waals surface area contributed by atoms with Gasteiger partial charge in [-0.25, -0.2) is 0 Å². The molecule has 0 radical (unpaired) electrons. The van der Waals surface area contributed by atoms with Crippen molar-refractivity contribution in [3.05, 3.63) is 11.7 Å². The molecule has 1 aliphatic rings. The van der Waals surface area contributed by atoms with Gasteiger partial charge in [-0.2, -0.15) is 16.7 Å². The van der Waals surface area contributed by atoms with Crippen LogP contribution in [0.25, 0.3) is 0 Å². The number of aryl methyl sites for hydroxylation is 1. The van der Waals surface area contributed by atoms with Gasteiger partial charge in [-0.05, 0) is 13.3 Å². The van der Waals surface area contributed by atoms with Crippen LogP contribution in [-0.2, 0) is 6.42 Å². The Morgan fingerprint density at radius 3 is 2.88 bits per heavy atom. The zero-order chi connectivity index (χ0) is 11.4. The number of hydrogen-bond acceptors (Lipinski definition) is 5. The van der Waals surface area contributed by atoms with Crippen molar-refractivity contribution in [2.45, 2.75) is 32.7 Å². The average Bonchev–Trinajstić information content (AvgIpc) is 2.78. The molecule has 1 unspecified atom stereocenters. The predicted molar refractivity (Wildman–Crippen MR) is 65.6 cm³/mol. The van der Waals surface area contributed by atoms with Crippen LogP contribution in [0.15, 0.2) is 4.52 Å². The highest BCUT2D eigenvalue weighted by molar-refractivity contribution is 7.99. The number of rotatable bonds is 4. The highest BCUT2D eigenvalue weighted by atomic mass is 32.2. The van der Waals surface area contributed by atoms with Gasteiger partial charge in [-0.1, -0.05) is 12.1 Å². The summed E-state index contributed by atoms with van der Waals surface area (Å²) in [5.41, 5.74) is 0. The Kier molecular flexibility index (Phi) is 4.23. The van der Waals surface area contributed by atoms with Crippen LogP contribution in [0.5, 0.6) is 0 Å². The second-order valence-corrected chi connectivity index (χ2v) is 5.35. The van der Waals surface area contributed by atoms with E-state index in [0.717, 1.165) is 37.6 Å². The SMILES string of the molecule is CCCc1noc(C(C)N2CCSCC2)n1. The summed E-state index contributed by atoms with van der Waals surface area (Å²) in [7, 11) is 0. The van der Waals surface area contributed by atoms with E-state index in [0.29, 0.717) is 0 Å². The zero-order valence-electron chi connectivity index (χ0n) is 9.98. The van der Waals surface area contributed by atoms with Gasteiger partial charge in [-0.15, -0.1) is 0 Å². The highest BCUT2D eigenvalue weighted by Gasteiger charge is 2.22. The smallest absolute Gasteiger partial charge is 0.243 e. The molecule has 1 aromatic rings. The fraction of sp³-hybridized carbons (Fsp3) is 0.818. The van der Waals surface area contributed by atoms with Crippen molar-refractivity contribution < 1.29 is 4.52 Å². The number of nitrogens with zero attached hydrogens (tertiary/aromatic N) is 3. The summed E-state index contributed by atoms with van der Waals surface area (Å²) in [6.45, 7) is 6.52. The zero-order valence-corrected chi connectivity index (χ0v) is 10.8. The van der Waals surface area contributed by atoms with E-state index >= 15 is 0 Å². The van der Waals surface area contributed by atoms with E-state index < -0.39 is 0 Å². The third-order valence-corrected chi connectivity index (χ3v) is 3.85. The summed E-state index contributed by atoms with van der Waals surface area (Å²) in [6.07, 6.45) is 1.97. The van der Waals surface area contributed by atoms with E-state index in [-0.39, 0.29) is 6.04 Å². The van der Waals surface area contributed by atoms with Crippen molar-refractivity contribution in [1.82, 2.24) is 15.0 Å². The summed E-state index contributed by atoms with van der Waals surface area (Å²) in [5, 5.41) is 4.00. The first-order valence-corrected chi connectivity index (χ1v) is 7.11. The quantitative estimate of drug-likeness (QED) is 0.808. The summed E-state index contributed by atoms with van der Waals surface area (Å²) in [4.78, 5) is 6.87. The van der Waals surface area contributed by atoms with Gasteiger partial charge in [0.05, 0.1) is 6.04 Å². The molecule has 1 atom stereocenters. The van der Waals surface area contributed by atoms with Gasteiger partial charge in [0, 0.05) is 31.0 Å². The molecule has 0 N–H and O–H groups in total. The average molecular weight is 241 g/mol. The first-order valence-electron chi connectivity index (χ1n) is 5.95. The van der Waals surface area contributed by atoms with Crippen LogP contribution in [0, 0.1) is 0 Å². The standard InChI is InChI=1S/C11H19N3OS/c1-3-4-10-12-11(15-13-10)9(2)14-5-7-16-8-6-14/h9H,3-8H2,1-2H3. The number of aromatic nitrogens is 2. The van der Waals surface area contributed by atoms with E-state index in [2.05, 4.69) is 28.9 Å². The Hall–Kier alpha value is -0.550. The van der Waals surface area contributed by atoms with Gasteiger partial charge in [0.1, 0.15) is 0 Å². The van der Waals surface area contributed by atoms with Crippen molar-refractivity contribution in [2.24, 2.45) is 0 Å². The van der Waals surface area contributed by atoms with Crippen LogP contribution in [0.2, 0.25) is 0 Å². The van der Waals surface area contributed by atoms with Gasteiger partial charge in [0.2, 0.25) is 5.89 Å². The minimum atomic E-state index is 0.263. The summed E-state index contributed by atoms with van der Waals surface area (Å²) in [6, 6.07) is 0.263. The topological polar surface area (TPSA) is 42.2 Å². The van der Waals surface area contributed by atoms with Gasteiger partial charge in [-0.3, -0.25) is 4.90 Å². The van der Waals surface area contributed by atoms with Crippen molar-refractivity contribution in [3.8, 4) is 0 Å². The third-order valence-electron chi connectivity index (χ3n) is 2.91. The lowest BCUT2D eigenvalue weighted by Crippen LogP contribution is -2.34. The fourth-order valence-electron chi connectivity index (χ4n) is 1.88. The summed E-state index contributed by atoms with van der Waals surface area (Å²) >= 11 is 2.02. The maximum atomic E-state index is 5.32. The lowest BCUT2D eigenvalue weighted by atomic mass is 10.2. The molecule has 2 heterocycles. The molecule has 90 valence electrons. The lowest BCUT2D eigenvalue weighted by molar-refractivity contribution is 0.189. The molecule has 0 aromatic carbocycles. The van der Waals surface area contributed by atoms with E-state index in [1.54, 1.807) is 0 Å². The lowest BCUT2D eigenvalue weighted by Gasteiger charge is -2.29. The molecule has 2 rings (SSSR count). The van der Waals surface area contributed by atoms with Gasteiger partial charge in [0.15, 0.2) is 5.82 Å². The molecule has 1 aliphatic heterocycles. The number of hydrogen-bond donors (Lipinski definition) is 0. The molecule has 0 bridgehead atoms. The molecule has 1 aromatic heterocycles. The minimum Gasteiger partial charge on any atom is -0.338 e. The molecule has 1 fully saturated rings. The van der Waals surface area contributed by atoms with E-state index in [1.807, 2.05) is 11.8 Å². The summed E-state index contributed by atoms with van der Waals surface area (Å²) < 4.78 is 5.32. The normalized spacial score (nSPS) is 19.9. The molecular weight excluding hydrogens is 222 g/mol. The fourth-order valence-corrected chi connectivity index (χ4v) is 2.81. The minimum absolute atomic E-state index is 0.263. The third kappa shape index (κ3) is 2.77. The largest absolute Gasteiger partial charge is 0.338 e. The molecule has 0 amide bonds. The van der Waals surface area contributed by atoms with Crippen LogP contribution >= 0.6 is 11.8 Å².